The van der Waals surface area contributed by atoms with Crippen LogP contribution < -0.4 is 4.72 Å². The number of ether oxygens (including phenoxy) is 1. The largest absolute Gasteiger partial charge is 0.507 e. The number of esters is 1. The number of methoxy groups -OCH3 is 1. The van der Waals surface area contributed by atoms with Crippen LogP contribution >= 0.6 is 11.3 Å². The second-order valence-electron chi connectivity index (χ2n) is 3.52. The molecule has 0 bridgehead atoms. The maximum absolute atomic E-state index is 12.1. The van der Waals surface area contributed by atoms with Gasteiger partial charge < -0.3 is 9.84 Å². The van der Waals surface area contributed by atoms with Crippen LogP contribution in [0.25, 0.3) is 0 Å². The van der Waals surface area contributed by atoms with Gasteiger partial charge >= 0.3 is 5.97 Å². The topological polar surface area (TPSA) is 118 Å². The van der Waals surface area contributed by atoms with Crippen molar-refractivity contribution in [3.8, 4) is 5.75 Å². The minimum atomic E-state index is -3.93. The summed E-state index contributed by atoms with van der Waals surface area (Å²) >= 11 is 1.01. The molecule has 1 heterocycles. The fourth-order valence-electron chi connectivity index (χ4n) is 1.35. The van der Waals surface area contributed by atoms with Crippen LogP contribution in [0.15, 0.2) is 28.6 Å². The third-order valence-electron chi connectivity index (χ3n) is 2.27. The number of benzene rings is 1. The zero-order chi connectivity index (χ0) is 14.8. The molecule has 0 aliphatic rings. The maximum atomic E-state index is 12.1. The molecule has 20 heavy (non-hydrogen) atoms. The molecular formula is C10H9N3O5S2. The van der Waals surface area contributed by atoms with Gasteiger partial charge in [-0.25, -0.2) is 13.2 Å². The summed E-state index contributed by atoms with van der Waals surface area (Å²) in [6.45, 7) is 0. The zero-order valence-electron chi connectivity index (χ0n) is 10.1. The molecule has 2 rings (SSSR count). The molecule has 0 aliphatic carbocycles. The Morgan fingerprint density at radius 3 is 2.80 bits per heavy atom. The fourth-order valence-corrected chi connectivity index (χ4v) is 3.07. The summed E-state index contributed by atoms with van der Waals surface area (Å²) in [6.07, 6.45) is 0. The Morgan fingerprint density at radius 1 is 1.45 bits per heavy atom. The first-order valence-electron chi connectivity index (χ1n) is 5.14. The third kappa shape index (κ3) is 2.86. The lowest BCUT2D eigenvalue weighted by Crippen LogP contribution is -2.14. The quantitative estimate of drug-likeness (QED) is 0.802. The molecule has 0 atom stereocenters. The van der Waals surface area contributed by atoms with E-state index < -0.39 is 16.0 Å². The standard InChI is InChI=1S/C10H9N3O5S2/c1-18-9(15)7-4-6(2-3-8(7)14)20(16,17)13-10-12-11-5-19-10/h2-5,14H,1H3,(H,12,13). The molecule has 2 aromatic rings. The number of hydrogen-bond acceptors (Lipinski definition) is 8. The number of hydrogen-bond donors (Lipinski definition) is 2. The van der Waals surface area contributed by atoms with E-state index in [0.717, 1.165) is 36.6 Å². The van der Waals surface area contributed by atoms with E-state index in [9.17, 15) is 18.3 Å². The van der Waals surface area contributed by atoms with Crippen molar-refractivity contribution in [3.05, 3.63) is 29.3 Å². The Bertz CT molecular complexity index is 727. The number of phenolic OH excluding ortho intramolecular Hbond substituents is 1. The van der Waals surface area contributed by atoms with Gasteiger partial charge in [-0.2, -0.15) is 0 Å². The molecular weight excluding hydrogens is 306 g/mol. The number of nitrogens with one attached hydrogen (secondary N) is 1. The van der Waals surface area contributed by atoms with Crippen LogP contribution in [-0.4, -0.2) is 36.8 Å². The van der Waals surface area contributed by atoms with Gasteiger partial charge in [-0.1, -0.05) is 11.3 Å². The Hall–Kier alpha value is -2.20. The Labute approximate surface area is 118 Å². The lowest BCUT2D eigenvalue weighted by atomic mass is 10.2. The predicted octanol–water partition coefficient (Wildman–Crippen LogP) is 0.831. The predicted molar refractivity (Wildman–Crippen MR) is 70.2 cm³/mol. The minimum Gasteiger partial charge on any atom is -0.507 e. The van der Waals surface area contributed by atoms with E-state index in [0.29, 0.717) is 0 Å². The molecule has 1 aromatic heterocycles. The van der Waals surface area contributed by atoms with E-state index in [1.165, 1.54) is 5.51 Å². The van der Waals surface area contributed by atoms with E-state index in [4.69, 9.17) is 0 Å². The molecule has 0 spiro atoms. The van der Waals surface area contributed by atoms with Crippen LogP contribution in [0.5, 0.6) is 5.75 Å². The molecule has 0 saturated carbocycles. The summed E-state index contributed by atoms with van der Waals surface area (Å²) in [5.74, 6) is -1.21. The molecule has 0 aliphatic heterocycles. The molecule has 10 heteroatoms. The molecule has 0 saturated heterocycles. The normalized spacial score (nSPS) is 11.1. The molecule has 106 valence electrons. The molecule has 0 fully saturated rings. The Kier molecular flexibility index (Phi) is 3.86. The highest BCUT2D eigenvalue weighted by atomic mass is 32.2. The van der Waals surface area contributed by atoms with Crippen molar-refractivity contribution >= 4 is 32.5 Å². The summed E-state index contributed by atoms with van der Waals surface area (Å²) in [6, 6.07) is 3.27. The first kappa shape index (κ1) is 14.2. The van der Waals surface area contributed by atoms with Crippen LogP contribution in [0.4, 0.5) is 5.13 Å². The van der Waals surface area contributed by atoms with Gasteiger partial charge in [-0.3, -0.25) is 4.72 Å². The Balaban J connectivity index is 2.40. The summed E-state index contributed by atoms with van der Waals surface area (Å²) in [5, 5.41) is 16.7. The number of anilines is 1. The van der Waals surface area contributed by atoms with Gasteiger partial charge in [0.15, 0.2) is 0 Å². The Morgan fingerprint density at radius 2 is 2.20 bits per heavy atom. The average Bonchev–Trinajstić information content (AvgIpc) is 2.90. The third-order valence-corrected chi connectivity index (χ3v) is 4.34. The van der Waals surface area contributed by atoms with E-state index >= 15 is 0 Å². The summed E-state index contributed by atoms with van der Waals surface area (Å²) in [5.41, 5.74) is 1.13. The van der Waals surface area contributed by atoms with Crippen LogP contribution in [0.2, 0.25) is 0 Å². The highest BCUT2D eigenvalue weighted by molar-refractivity contribution is 7.93. The second-order valence-corrected chi connectivity index (χ2v) is 6.04. The number of carbonyl (C=O) groups excluding carboxylic acids is 1. The van der Waals surface area contributed by atoms with E-state index in [-0.39, 0.29) is 21.3 Å². The summed E-state index contributed by atoms with van der Waals surface area (Å²) < 4.78 is 30.8. The summed E-state index contributed by atoms with van der Waals surface area (Å²) in [7, 11) is -2.80. The van der Waals surface area contributed by atoms with Crippen molar-refractivity contribution in [2.75, 3.05) is 11.8 Å². The molecule has 2 N–H and O–H groups in total. The van der Waals surface area contributed by atoms with Crippen molar-refractivity contribution in [1.29, 1.82) is 0 Å². The number of phenols is 1. The van der Waals surface area contributed by atoms with Crippen molar-refractivity contribution in [3.63, 3.8) is 0 Å². The van der Waals surface area contributed by atoms with Crippen LogP contribution in [0, 0.1) is 0 Å². The van der Waals surface area contributed by atoms with Crippen LogP contribution in [0.1, 0.15) is 10.4 Å². The number of aromatic nitrogens is 2. The second kappa shape index (κ2) is 5.43. The molecule has 0 radical (unpaired) electrons. The highest BCUT2D eigenvalue weighted by Gasteiger charge is 2.20. The van der Waals surface area contributed by atoms with Crippen LogP contribution in [0.3, 0.4) is 0 Å². The van der Waals surface area contributed by atoms with Gasteiger partial charge in [0.25, 0.3) is 10.0 Å². The van der Waals surface area contributed by atoms with Gasteiger partial charge in [-0.15, -0.1) is 10.2 Å². The highest BCUT2D eigenvalue weighted by Crippen LogP contribution is 2.24. The molecule has 0 amide bonds. The number of carbonyl (C=O) groups is 1. The lowest BCUT2D eigenvalue weighted by molar-refractivity contribution is 0.0597. The fraction of sp³-hybridized carbons (Fsp3) is 0.100. The van der Waals surface area contributed by atoms with Crippen molar-refractivity contribution in [1.82, 2.24) is 10.2 Å². The van der Waals surface area contributed by atoms with Crippen LogP contribution in [-0.2, 0) is 14.8 Å². The van der Waals surface area contributed by atoms with Gasteiger partial charge in [-0.05, 0) is 18.2 Å². The first-order valence-corrected chi connectivity index (χ1v) is 7.50. The molecule has 8 nitrogen and oxygen atoms in total. The van der Waals surface area contributed by atoms with Gasteiger partial charge in [0.1, 0.15) is 16.8 Å². The van der Waals surface area contributed by atoms with Crippen molar-refractivity contribution in [2.24, 2.45) is 0 Å². The smallest absolute Gasteiger partial charge is 0.341 e. The van der Waals surface area contributed by atoms with Crippen molar-refractivity contribution in [2.45, 2.75) is 4.90 Å². The molecule has 1 aromatic carbocycles. The average molecular weight is 315 g/mol. The molecule has 0 unspecified atom stereocenters. The zero-order valence-corrected chi connectivity index (χ0v) is 11.7. The number of nitrogens with zero attached hydrogens (tertiary/aromatic N) is 2. The first-order chi connectivity index (χ1) is 9.44. The minimum absolute atomic E-state index is 0.0951. The number of sulfonamides is 1. The van der Waals surface area contributed by atoms with Gasteiger partial charge in [0.2, 0.25) is 5.13 Å². The van der Waals surface area contributed by atoms with Gasteiger partial charge in [0.05, 0.1) is 12.0 Å². The maximum Gasteiger partial charge on any atom is 0.341 e. The monoisotopic (exact) mass is 315 g/mol. The van der Waals surface area contributed by atoms with E-state index in [2.05, 4.69) is 19.7 Å². The van der Waals surface area contributed by atoms with Crippen molar-refractivity contribution < 1.29 is 23.1 Å². The SMILES string of the molecule is COC(=O)c1cc(S(=O)(=O)Nc2nncs2)ccc1O. The number of aromatic hydroxyl groups is 1. The van der Waals surface area contributed by atoms with E-state index in [1.807, 2.05) is 0 Å². The lowest BCUT2D eigenvalue weighted by Gasteiger charge is -2.07. The van der Waals surface area contributed by atoms with E-state index in [1.54, 1.807) is 0 Å². The number of rotatable bonds is 4. The van der Waals surface area contributed by atoms with Gasteiger partial charge in [0, 0.05) is 0 Å². The summed E-state index contributed by atoms with van der Waals surface area (Å²) in [4.78, 5) is 11.2.